The molecule has 2 N–H and O–H groups in total. The Bertz CT molecular complexity index is 714. The van der Waals surface area contributed by atoms with Crippen LogP contribution in [0, 0.1) is 5.92 Å². The van der Waals surface area contributed by atoms with E-state index in [1.165, 1.54) is 0 Å². The highest BCUT2D eigenvalue weighted by Gasteiger charge is 2.26. The third-order valence-electron chi connectivity index (χ3n) is 4.54. The minimum absolute atomic E-state index is 0.0765. The van der Waals surface area contributed by atoms with Crippen molar-refractivity contribution in [2.75, 3.05) is 0 Å². The number of hydrogen-bond acceptors (Lipinski definition) is 4. The minimum atomic E-state index is -0.936. The molecule has 1 amide bonds. The predicted molar refractivity (Wildman–Crippen MR) is 113 cm³/mol. The largest absolute Gasteiger partial charge is 0.444 e. The van der Waals surface area contributed by atoms with E-state index >= 15 is 0 Å². The van der Waals surface area contributed by atoms with Gasteiger partial charge in [-0.25, -0.2) is 4.79 Å². The second-order valence-corrected chi connectivity index (χ2v) is 8.26. The molecule has 2 rings (SSSR count). The molecule has 0 fully saturated rings. The summed E-state index contributed by atoms with van der Waals surface area (Å²) in [7, 11) is 0. The highest BCUT2D eigenvalue weighted by atomic mass is 16.6. The van der Waals surface area contributed by atoms with Crippen molar-refractivity contribution in [3.8, 4) is 0 Å². The summed E-state index contributed by atoms with van der Waals surface area (Å²) in [6.07, 6.45) is 1.72. The van der Waals surface area contributed by atoms with Crippen LogP contribution >= 0.6 is 0 Å². The van der Waals surface area contributed by atoms with E-state index in [1.807, 2.05) is 66.9 Å². The summed E-state index contributed by atoms with van der Waals surface area (Å²) in [5.74, 6) is -0.115. The lowest BCUT2D eigenvalue weighted by molar-refractivity contribution is 0.0482. The van der Waals surface area contributed by atoms with Crippen LogP contribution in [0.4, 0.5) is 4.79 Å². The van der Waals surface area contributed by atoms with Crippen molar-refractivity contribution in [1.29, 1.82) is 0 Å². The van der Waals surface area contributed by atoms with Gasteiger partial charge in [0.15, 0.2) is 0 Å². The molecule has 155 valence electrons. The standard InChI is InChI=1S/C24H30NO4/c1-24(2,3)29-23(28)25-21(17-26)16-22(27)20(14-18-10-6-4-7-11-18)15-19-12-8-5-9-13-19/h4-13,20-22,27H,14-16H2,1-3H3,(H,25,28)/t21-,22-/m1/s1. The summed E-state index contributed by atoms with van der Waals surface area (Å²) in [6.45, 7) is 5.24. The van der Waals surface area contributed by atoms with Crippen LogP contribution < -0.4 is 5.32 Å². The van der Waals surface area contributed by atoms with Crippen LogP contribution in [0.5, 0.6) is 0 Å². The number of aliphatic hydroxyl groups excluding tert-OH is 1. The molecule has 0 saturated carbocycles. The lowest BCUT2D eigenvalue weighted by Crippen LogP contribution is -2.43. The smallest absolute Gasteiger partial charge is 0.408 e. The van der Waals surface area contributed by atoms with E-state index in [0.29, 0.717) is 12.8 Å². The van der Waals surface area contributed by atoms with Gasteiger partial charge >= 0.3 is 6.09 Å². The lowest BCUT2D eigenvalue weighted by atomic mass is 9.85. The maximum Gasteiger partial charge on any atom is 0.408 e. The normalized spacial score (nSPS) is 13.6. The fourth-order valence-electron chi connectivity index (χ4n) is 3.20. The van der Waals surface area contributed by atoms with Crippen LogP contribution in [-0.2, 0) is 22.4 Å². The molecule has 0 aliphatic carbocycles. The van der Waals surface area contributed by atoms with Crippen LogP contribution in [-0.4, -0.2) is 35.2 Å². The highest BCUT2D eigenvalue weighted by molar-refractivity contribution is 5.73. The van der Waals surface area contributed by atoms with Crippen molar-refractivity contribution in [1.82, 2.24) is 5.32 Å². The van der Waals surface area contributed by atoms with E-state index in [9.17, 15) is 14.7 Å². The van der Waals surface area contributed by atoms with Crippen LogP contribution in [0.25, 0.3) is 0 Å². The monoisotopic (exact) mass is 396 g/mol. The fraction of sp³-hybridized carbons (Fsp3) is 0.417. The van der Waals surface area contributed by atoms with Crippen molar-refractivity contribution in [2.24, 2.45) is 5.92 Å². The number of aliphatic hydroxyl groups is 1. The van der Waals surface area contributed by atoms with E-state index in [1.54, 1.807) is 20.8 Å². The number of alkyl carbamates (subject to hydrolysis) is 1. The maximum atomic E-state index is 12.0. The third-order valence-corrected chi connectivity index (χ3v) is 4.54. The Balaban J connectivity index is 2.07. The molecule has 2 atom stereocenters. The summed E-state index contributed by atoms with van der Waals surface area (Å²) >= 11 is 0. The average molecular weight is 397 g/mol. The number of rotatable bonds is 9. The second kappa shape index (κ2) is 10.8. The zero-order chi connectivity index (χ0) is 21.3. The molecule has 0 bridgehead atoms. The van der Waals surface area contributed by atoms with Crippen molar-refractivity contribution in [3.63, 3.8) is 0 Å². The number of benzene rings is 2. The molecular weight excluding hydrogens is 366 g/mol. The summed E-state index contributed by atoms with van der Waals surface area (Å²) in [5, 5.41) is 13.4. The van der Waals surface area contributed by atoms with Gasteiger partial charge in [0, 0.05) is 6.42 Å². The second-order valence-electron chi connectivity index (χ2n) is 8.26. The van der Waals surface area contributed by atoms with Crippen molar-refractivity contribution >= 4 is 12.4 Å². The van der Waals surface area contributed by atoms with Gasteiger partial charge in [0.2, 0.25) is 6.29 Å². The zero-order valence-corrected chi connectivity index (χ0v) is 17.3. The first-order chi connectivity index (χ1) is 13.8. The molecule has 0 saturated heterocycles. The third kappa shape index (κ3) is 8.48. The van der Waals surface area contributed by atoms with Crippen molar-refractivity contribution < 1.29 is 19.4 Å². The van der Waals surface area contributed by atoms with Crippen molar-refractivity contribution in [3.05, 3.63) is 71.8 Å². The number of amides is 1. The van der Waals surface area contributed by atoms with E-state index in [2.05, 4.69) is 5.32 Å². The molecule has 0 aliphatic rings. The van der Waals surface area contributed by atoms with Gasteiger partial charge in [-0.2, -0.15) is 0 Å². The molecule has 0 aliphatic heterocycles. The number of nitrogens with one attached hydrogen (secondary N) is 1. The first-order valence-corrected chi connectivity index (χ1v) is 9.90. The highest BCUT2D eigenvalue weighted by Crippen LogP contribution is 2.21. The molecule has 5 heteroatoms. The summed E-state index contributed by atoms with van der Waals surface area (Å²) < 4.78 is 5.19. The lowest BCUT2D eigenvalue weighted by Gasteiger charge is -2.26. The molecule has 2 aromatic carbocycles. The Morgan fingerprint density at radius 1 is 1.00 bits per heavy atom. The molecule has 0 aromatic heterocycles. The molecule has 0 spiro atoms. The Labute approximate surface area is 173 Å². The Hall–Kier alpha value is -2.66. The van der Waals surface area contributed by atoms with Gasteiger partial charge in [-0.15, -0.1) is 0 Å². The minimum Gasteiger partial charge on any atom is -0.444 e. The van der Waals surface area contributed by atoms with Crippen molar-refractivity contribution in [2.45, 2.75) is 57.8 Å². The van der Waals surface area contributed by atoms with Gasteiger partial charge < -0.3 is 15.2 Å². The van der Waals surface area contributed by atoms with E-state index in [-0.39, 0.29) is 12.3 Å². The first kappa shape index (κ1) is 22.6. The number of carbonyl (C=O) groups is 1. The Kier molecular flexibility index (Phi) is 8.40. The molecule has 0 unspecified atom stereocenters. The van der Waals surface area contributed by atoms with E-state index in [0.717, 1.165) is 11.1 Å². The van der Waals surface area contributed by atoms with Gasteiger partial charge in [-0.3, -0.25) is 4.79 Å². The molecule has 1 radical (unpaired) electrons. The average Bonchev–Trinajstić information content (AvgIpc) is 2.67. The molecule has 5 nitrogen and oxygen atoms in total. The van der Waals surface area contributed by atoms with Gasteiger partial charge in [0.1, 0.15) is 11.6 Å². The summed E-state index contributed by atoms with van der Waals surface area (Å²) in [6, 6.07) is 18.9. The van der Waals surface area contributed by atoms with Crippen LogP contribution in [0.3, 0.4) is 0 Å². The predicted octanol–water partition coefficient (Wildman–Crippen LogP) is 3.84. The number of ether oxygens (including phenoxy) is 1. The molecule has 2 aromatic rings. The zero-order valence-electron chi connectivity index (χ0n) is 17.3. The Morgan fingerprint density at radius 2 is 1.48 bits per heavy atom. The molecular formula is C24H30NO4. The Morgan fingerprint density at radius 3 is 1.90 bits per heavy atom. The number of carbonyl (C=O) groups excluding carboxylic acids is 2. The van der Waals surface area contributed by atoms with Crippen LogP contribution in [0.1, 0.15) is 38.3 Å². The topological polar surface area (TPSA) is 75.6 Å². The number of hydrogen-bond donors (Lipinski definition) is 2. The van der Waals surface area contributed by atoms with Gasteiger partial charge in [-0.1, -0.05) is 60.7 Å². The van der Waals surface area contributed by atoms with Gasteiger partial charge in [-0.05, 0) is 50.7 Å². The maximum absolute atomic E-state index is 12.0. The van der Waals surface area contributed by atoms with Crippen LogP contribution in [0.2, 0.25) is 0 Å². The molecule has 0 heterocycles. The first-order valence-electron chi connectivity index (χ1n) is 9.90. The summed E-state index contributed by atoms with van der Waals surface area (Å²) in [4.78, 5) is 23.3. The SMILES string of the molecule is CC(C)(C)OC(=O)N[C@@H]([C]=O)C[C@@H](O)C(Cc1ccccc1)Cc1ccccc1. The molecule has 29 heavy (non-hydrogen) atoms. The van der Waals surface area contributed by atoms with Gasteiger partial charge in [0.05, 0.1) is 6.10 Å². The van der Waals surface area contributed by atoms with E-state index < -0.39 is 23.8 Å². The summed E-state index contributed by atoms with van der Waals surface area (Å²) in [5.41, 5.74) is 1.55. The quantitative estimate of drug-likeness (QED) is 0.675. The fourth-order valence-corrected chi connectivity index (χ4v) is 3.20. The van der Waals surface area contributed by atoms with Gasteiger partial charge in [0.25, 0.3) is 0 Å². The van der Waals surface area contributed by atoms with Crippen LogP contribution in [0.15, 0.2) is 60.7 Å². The van der Waals surface area contributed by atoms with E-state index in [4.69, 9.17) is 4.74 Å².